The maximum atomic E-state index is 11.0. The first-order chi connectivity index (χ1) is 7.54. The average Bonchev–Trinajstić information content (AvgIpc) is 2.25. The number of benzene rings is 1. The van der Waals surface area contributed by atoms with Gasteiger partial charge in [-0.15, -0.1) is 0 Å². The summed E-state index contributed by atoms with van der Waals surface area (Å²) in [6.07, 6.45) is 0.414. The van der Waals surface area contributed by atoms with Gasteiger partial charge in [0.25, 0.3) is 0 Å². The Balaban J connectivity index is 2.65. The van der Waals surface area contributed by atoms with E-state index in [4.69, 9.17) is 0 Å². The summed E-state index contributed by atoms with van der Waals surface area (Å²) in [4.78, 5) is 13.1. The van der Waals surface area contributed by atoms with Crippen LogP contribution in [0.1, 0.15) is 12.0 Å². The summed E-state index contributed by atoms with van der Waals surface area (Å²) >= 11 is 2.31. The van der Waals surface area contributed by atoms with E-state index in [-0.39, 0.29) is 5.97 Å². The number of carbonyl (C=O) groups excluding carboxylic acids is 1. The third-order valence-corrected chi connectivity index (χ3v) is 3.26. The minimum absolute atomic E-state index is 0.172. The van der Waals surface area contributed by atoms with E-state index in [0.29, 0.717) is 13.0 Å². The van der Waals surface area contributed by atoms with Gasteiger partial charge in [-0.25, -0.2) is 0 Å². The van der Waals surface area contributed by atoms with Crippen molar-refractivity contribution >= 4 is 34.2 Å². The fraction of sp³-hybridized carbons (Fsp3) is 0.417. The van der Waals surface area contributed by atoms with Crippen LogP contribution in [0.3, 0.4) is 0 Å². The molecular formula is C12H16INO2. The first kappa shape index (κ1) is 13.3. The standard InChI is InChI=1S/C12H16INO2/c1-9-4-5-11(10(13)8-9)14(2)7-6-12(15)16-3/h4-5,8H,6-7H2,1-3H3. The number of nitrogens with zero attached hydrogens (tertiary/aromatic N) is 1. The number of halogens is 1. The van der Waals surface area contributed by atoms with Gasteiger partial charge in [-0.2, -0.15) is 0 Å². The molecule has 0 aliphatic heterocycles. The second-order valence-electron chi connectivity index (χ2n) is 3.70. The molecule has 0 atom stereocenters. The highest BCUT2D eigenvalue weighted by Gasteiger charge is 2.08. The molecule has 4 heteroatoms. The Hall–Kier alpha value is -0.780. The third-order valence-electron chi connectivity index (χ3n) is 2.39. The highest BCUT2D eigenvalue weighted by Crippen LogP contribution is 2.22. The molecule has 0 heterocycles. The van der Waals surface area contributed by atoms with Crippen LogP contribution in [0.2, 0.25) is 0 Å². The largest absolute Gasteiger partial charge is 0.469 e. The number of carbonyl (C=O) groups is 1. The van der Waals surface area contributed by atoms with E-state index >= 15 is 0 Å². The summed E-state index contributed by atoms with van der Waals surface area (Å²) < 4.78 is 5.82. The van der Waals surface area contributed by atoms with E-state index in [0.717, 1.165) is 5.69 Å². The lowest BCUT2D eigenvalue weighted by molar-refractivity contribution is -0.140. The molecule has 0 saturated carbocycles. The quantitative estimate of drug-likeness (QED) is 0.627. The molecule has 0 aliphatic carbocycles. The van der Waals surface area contributed by atoms with Crippen LogP contribution in [-0.4, -0.2) is 26.7 Å². The molecule has 0 bridgehead atoms. The van der Waals surface area contributed by atoms with Crippen molar-refractivity contribution in [1.29, 1.82) is 0 Å². The van der Waals surface area contributed by atoms with Crippen LogP contribution in [-0.2, 0) is 9.53 Å². The fourth-order valence-corrected chi connectivity index (χ4v) is 2.49. The summed E-state index contributed by atoms with van der Waals surface area (Å²) in [5.41, 5.74) is 2.39. The topological polar surface area (TPSA) is 29.5 Å². The van der Waals surface area contributed by atoms with Crippen LogP contribution >= 0.6 is 22.6 Å². The lowest BCUT2D eigenvalue weighted by Crippen LogP contribution is -2.22. The van der Waals surface area contributed by atoms with Gasteiger partial charge in [-0.1, -0.05) is 6.07 Å². The Morgan fingerprint density at radius 2 is 2.19 bits per heavy atom. The molecule has 0 amide bonds. The van der Waals surface area contributed by atoms with Crippen molar-refractivity contribution in [3.8, 4) is 0 Å². The number of hydrogen-bond acceptors (Lipinski definition) is 3. The van der Waals surface area contributed by atoms with E-state index in [1.807, 2.05) is 7.05 Å². The van der Waals surface area contributed by atoms with Crippen molar-refractivity contribution in [2.75, 3.05) is 25.6 Å². The Labute approximate surface area is 110 Å². The molecular weight excluding hydrogens is 317 g/mol. The van der Waals surface area contributed by atoms with Crippen LogP contribution in [0.15, 0.2) is 18.2 Å². The molecule has 0 N–H and O–H groups in total. The van der Waals surface area contributed by atoms with Crippen LogP contribution < -0.4 is 4.90 Å². The predicted octanol–water partition coefficient (Wildman–Crippen LogP) is 2.60. The average molecular weight is 333 g/mol. The minimum atomic E-state index is -0.172. The molecule has 1 aromatic rings. The molecule has 16 heavy (non-hydrogen) atoms. The van der Waals surface area contributed by atoms with Gasteiger partial charge in [0.1, 0.15) is 0 Å². The summed E-state index contributed by atoms with van der Waals surface area (Å²) in [6.45, 7) is 2.74. The van der Waals surface area contributed by atoms with Crippen molar-refractivity contribution in [2.24, 2.45) is 0 Å². The van der Waals surface area contributed by atoms with Gasteiger partial charge in [0.15, 0.2) is 0 Å². The zero-order valence-electron chi connectivity index (χ0n) is 9.79. The Kier molecular flexibility index (Phi) is 5.05. The lowest BCUT2D eigenvalue weighted by atomic mass is 10.2. The van der Waals surface area contributed by atoms with Gasteiger partial charge in [0.05, 0.1) is 13.5 Å². The number of esters is 1. The first-order valence-corrected chi connectivity index (χ1v) is 6.16. The highest BCUT2D eigenvalue weighted by atomic mass is 127. The van der Waals surface area contributed by atoms with E-state index in [9.17, 15) is 4.79 Å². The van der Waals surface area contributed by atoms with E-state index in [2.05, 4.69) is 57.4 Å². The number of methoxy groups -OCH3 is 1. The number of anilines is 1. The van der Waals surface area contributed by atoms with Crippen LogP contribution in [0, 0.1) is 10.5 Å². The molecule has 1 rings (SSSR count). The number of hydrogen-bond donors (Lipinski definition) is 0. The van der Waals surface area contributed by atoms with Crippen molar-refractivity contribution in [3.05, 3.63) is 27.3 Å². The van der Waals surface area contributed by atoms with E-state index in [1.165, 1.54) is 16.2 Å². The normalized spacial score (nSPS) is 10.0. The first-order valence-electron chi connectivity index (χ1n) is 5.08. The highest BCUT2D eigenvalue weighted by molar-refractivity contribution is 14.1. The molecule has 88 valence electrons. The molecule has 0 radical (unpaired) electrons. The molecule has 0 spiro atoms. The Bertz CT molecular complexity index is 379. The van der Waals surface area contributed by atoms with Gasteiger partial charge in [-0.3, -0.25) is 4.79 Å². The number of rotatable bonds is 4. The van der Waals surface area contributed by atoms with E-state index < -0.39 is 0 Å². The van der Waals surface area contributed by atoms with Crippen LogP contribution in [0.4, 0.5) is 5.69 Å². The molecule has 0 aliphatic rings. The maximum Gasteiger partial charge on any atom is 0.307 e. The van der Waals surface area contributed by atoms with Crippen LogP contribution in [0.5, 0.6) is 0 Å². The van der Waals surface area contributed by atoms with Gasteiger partial charge in [0.2, 0.25) is 0 Å². The van der Waals surface area contributed by atoms with E-state index in [1.54, 1.807) is 0 Å². The van der Waals surface area contributed by atoms with Gasteiger partial charge < -0.3 is 9.64 Å². The summed E-state index contributed by atoms with van der Waals surface area (Å²) in [6, 6.07) is 6.28. The second-order valence-corrected chi connectivity index (χ2v) is 4.86. The molecule has 3 nitrogen and oxygen atoms in total. The van der Waals surface area contributed by atoms with Gasteiger partial charge in [-0.05, 0) is 47.2 Å². The predicted molar refractivity (Wildman–Crippen MR) is 73.8 cm³/mol. The second kappa shape index (κ2) is 6.08. The number of ether oxygens (including phenoxy) is 1. The van der Waals surface area contributed by atoms with Crippen molar-refractivity contribution < 1.29 is 9.53 Å². The maximum absolute atomic E-state index is 11.0. The van der Waals surface area contributed by atoms with Crippen molar-refractivity contribution in [2.45, 2.75) is 13.3 Å². The minimum Gasteiger partial charge on any atom is -0.469 e. The van der Waals surface area contributed by atoms with Gasteiger partial charge in [0, 0.05) is 22.8 Å². The summed E-state index contributed by atoms with van der Waals surface area (Å²) in [5.74, 6) is -0.172. The third kappa shape index (κ3) is 3.66. The van der Waals surface area contributed by atoms with Crippen LogP contribution in [0.25, 0.3) is 0 Å². The molecule has 1 aromatic carbocycles. The van der Waals surface area contributed by atoms with Crippen molar-refractivity contribution in [1.82, 2.24) is 0 Å². The Morgan fingerprint density at radius 3 is 2.75 bits per heavy atom. The smallest absolute Gasteiger partial charge is 0.307 e. The lowest BCUT2D eigenvalue weighted by Gasteiger charge is -2.20. The Morgan fingerprint density at radius 1 is 1.50 bits per heavy atom. The molecule has 0 unspecified atom stereocenters. The zero-order chi connectivity index (χ0) is 12.1. The van der Waals surface area contributed by atoms with Crippen molar-refractivity contribution in [3.63, 3.8) is 0 Å². The summed E-state index contributed by atoms with van der Waals surface area (Å²) in [7, 11) is 3.40. The molecule has 0 saturated heterocycles. The summed E-state index contributed by atoms with van der Waals surface area (Å²) in [5, 5.41) is 0. The van der Waals surface area contributed by atoms with Gasteiger partial charge >= 0.3 is 5.97 Å². The molecule has 0 aromatic heterocycles. The zero-order valence-corrected chi connectivity index (χ0v) is 11.9. The monoisotopic (exact) mass is 333 g/mol. The molecule has 0 fully saturated rings. The SMILES string of the molecule is COC(=O)CCN(C)c1ccc(C)cc1I. The fourth-order valence-electron chi connectivity index (χ4n) is 1.40. The number of aryl methyl sites for hydroxylation is 1.